The Morgan fingerprint density at radius 3 is 2.79 bits per heavy atom. The van der Waals surface area contributed by atoms with Gasteiger partial charge >= 0.3 is 0 Å². The van der Waals surface area contributed by atoms with Crippen molar-refractivity contribution in [2.45, 2.75) is 45.1 Å². The minimum atomic E-state index is -0.470. The molecule has 4 aromatic heterocycles. The van der Waals surface area contributed by atoms with E-state index in [0.29, 0.717) is 45.6 Å². The van der Waals surface area contributed by atoms with E-state index in [2.05, 4.69) is 20.2 Å². The Kier molecular flexibility index (Phi) is 6.18. The number of halogens is 1. The molecule has 0 saturated heterocycles. The van der Waals surface area contributed by atoms with Gasteiger partial charge in [-0.3, -0.25) is 13.8 Å². The van der Waals surface area contributed by atoms with Crippen LogP contribution >= 0.6 is 0 Å². The number of nitrogens with zero attached hydrogens (tertiary/aromatic N) is 8. The molecule has 0 spiro atoms. The predicted octanol–water partition coefficient (Wildman–Crippen LogP) is 4.42. The Morgan fingerprint density at radius 1 is 1.13 bits per heavy atom. The lowest BCUT2D eigenvalue weighted by atomic mass is 10.2. The van der Waals surface area contributed by atoms with E-state index in [9.17, 15) is 9.18 Å². The number of ether oxygens (including phenoxy) is 1. The van der Waals surface area contributed by atoms with E-state index in [1.54, 1.807) is 30.9 Å². The Labute approximate surface area is 217 Å². The molecular formula is C27H27FN8O2. The maximum absolute atomic E-state index is 13.7. The first-order valence-electron chi connectivity index (χ1n) is 12.7. The molecule has 10 nitrogen and oxygen atoms in total. The molecule has 0 aliphatic heterocycles. The van der Waals surface area contributed by atoms with Crippen molar-refractivity contribution in [3.8, 4) is 28.8 Å². The van der Waals surface area contributed by atoms with Gasteiger partial charge in [-0.1, -0.05) is 6.07 Å². The van der Waals surface area contributed by atoms with Gasteiger partial charge in [0, 0.05) is 30.6 Å². The van der Waals surface area contributed by atoms with Crippen LogP contribution in [0.1, 0.15) is 50.8 Å². The van der Waals surface area contributed by atoms with E-state index in [1.807, 2.05) is 41.3 Å². The zero-order valence-corrected chi connectivity index (χ0v) is 21.2. The molecule has 194 valence electrons. The maximum Gasteiger partial charge on any atom is 0.267 e. The smallest absolute Gasteiger partial charge is 0.267 e. The van der Waals surface area contributed by atoms with Gasteiger partial charge in [-0.25, -0.2) is 15.0 Å². The second kappa shape index (κ2) is 9.81. The quantitative estimate of drug-likeness (QED) is 0.268. The minimum Gasteiger partial charge on any atom is -0.491 e. The highest BCUT2D eigenvalue weighted by Gasteiger charge is 2.26. The van der Waals surface area contributed by atoms with Crippen molar-refractivity contribution >= 4 is 10.9 Å². The lowest BCUT2D eigenvalue weighted by Crippen LogP contribution is -2.20. The van der Waals surface area contributed by atoms with Crippen LogP contribution in [-0.4, -0.2) is 52.1 Å². The molecule has 5 aromatic rings. The molecule has 0 N–H and O–H groups in total. The molecule has 6 rings (SSSR count). The second-order valence-corrected chi connectivity index (χ2v) is 9.66. The maximum atomic E-state index is 13.7. The van der Waals surface area contributed by atoms with Crippen molar-refractivity contribution in [3.63, 3.8) is 0 Å². The first-order chi connectivity index (χ1) is 18.5. The normalized spacial score (nSPS) is 13.5. The average molecular weight is 515 g/mol. The molecule has 1 aromatic carbocycles. The van der Waals surface area contributed by atoms with Crippen LogP contribution < -0.4 is 10.3 Å². The van der Waals surface area contributed by atoms with Crippen molar-refractivity contribution in [2.24, 2.45) is 0 Å². The van der Waals surface area contributed by atoms with Crippen molar-refractivity contribution in [1.82, 2.24) is 38.9 Å². The summed E-state index contributed by atoms with van der Waals surface area (Å²) in [6.45, 7) is 3.82. The van der Waals surface area contributed by atoms with Gasteiger partial charge in [0.15, 0.2) is 5.82 Å². The number of fused-ring (bicyclic) bond motifs is 1. The van der Waals surface area contributed by atoms with Gasteiger partial charge in [0.25, 0.3) is 5.56 Å². The third-order valence-corrected chi connectivity index (χ3v) is 6.59. The number of hydrogen-bond acceptors (Lipinski definition) is 7. The van der Waals surface area contributed by atoms with Gasteiger partial charge in [0.1, 0.15) is 29.9 Å². The number of imidazole rings is 1. The Morgan fingerprint density at radius 2 is 2.00 bits per heavy atom. The summed E-state index contributed by atoms with van der Waals surface area (Å²) in [6.07, 6.45) is 9.34. The predicted molar refractivity (Wildman–Crippen MR) is 140 cm³/mol. The van der Waals surface area contributed by atoms with E-state index in [0.717, 1.165) is 18.5 Å². The SMILES string of the molecule is CC(C)n1cnnc1-c1cccc(-n2cnc3cc(OCCCF)c(-n4cnc(C5CC5)c4)cc3c2=O)n1. The van der Waals surface area contributed by atoms with E-state index >= 15 is 0 Å². The molecule has 0 bridgehead atoms. The van der Waals surface area contributed by atoms with Crippen LogP contribution in [0.2, 0.25) is 0 Å². The van der Waals surface area contributed by atoms with Gasteiger partial charge in [0.2, 0.25) is 0 Å². The summed E-state index contributed by atoms with van der Waals surface area (Å²) in [5.74, 6) is 2.03. The van der Waals surface area contributed by atoms with Crippen LogP contribution in [0.25, 0.3) is 33.9 Å². The van der Waals surface area contributed by atoms with Crippen LogP contribution in [0.5, 0.6) is 5.75 Å². The molecule has 0 amide bonds. The fourth-order valence-electron chi connectivity index (χ4n) is 4.40. The molecule has 0 unspecified atom stereocenters. The van der Waals surface area contributed by atoms with Crippen molar-refractivity contribution in [3.05, 3.63) is 71.6 Å². The third-order valence-electron chi connectivity index (χ3n) is 6.59. The monoisotopic (exact) mass is 514 g/mol. The van der Waals surface area contributed by atoms with E-state index < -0.39 is 6.67 Å². The molecule has 1 fully saturated rings. The summed E-state index contributed by atoms with van der Waals surface area (Å²) >= 11 is 0. The molecule has 4 heterocycles. The fraction of sp³-hybridized carbons (Fsp3) is 0.333. The third kappa shape index (κ3) is 4.44. The summed E-state index contributed by atoms with van der Waals surface area (Å²) in [6, 6.07) is 9.04. The highest BCUT2D eigenvalue weighted by atomic mass is 19.1. The average Bonchev–Trinajstić information content (AvgIpc) is 3.44. The zero-order valence-electron chi connectivity index (χ0n) is 21.2. The molecule has 1 aliphatic rings. The number of rotatable bonds is 9. The molecular weight excluding hydrogens is 487 g/mol. The number of alkyl halides is 1. The first-order valence-corrected chi connectivity index (χ1v) is 12.7. The minimum absolute atomic E-state index is 0.152. The molecule has 0 atom stereocenters. The summed E-state index contributed by atoms with van der Waals surface area (Å²) in [7, 11) is 0. The topological polar surface area (TPSA) is 106 Å². The Hall–Kier alpha value is -4.41. The number of pyridine rings is 1. The van der Waals surface area contributed by atoms with Gasteiger partial charge in [-0.05, 0) is 44.9 Å². The summed E-state index contributed by atoms with van der Waals surface area (Å²) in [4.78, 5) is 27.5. The Balaban J connectivity index is 1.45. The highest BCUT2D eigenvalue weighted by molar-refractivity contribution is 5.83. The number of aromatic nitrogens is 8. The van der Waals surface area contributed by atoms with Crippen LogP contribution in [-0.2, 0) is 0 Å². The van der Waals surface area contributed by atoms with Gasteiger partial charge in [-0.2, -0.15) is 0 Å². The van der Waals surface area contributed by atoms with Crippen LogP contribution in [0.3, 0.4) is 0 Å². The molecule has 0 radical (unpaired) electrons. The number of hydrogen-bond donors (Lipinski definition) is 0. The van der Waals surface area contributed by atoms with Gasteiger partial charge in [0.05, 0.1) is 41.9 Å². The van der Waals surface area contributed by atoms with E-state index in [1.165, 1.54) is 10.9 Å². The lowest BCUT2D eigenvalue weighted by molar-refractivity contribution is 0.289. The van der Waals surface area contributed by atoms with Crippen LogP contribution in [0.4, 0.5) is 4.39 Å². The van der Waals surface area contributed by atoms with Crippen LogP contribution in [0, 0.1) is 0 Å². The van der Waals surface area contributed by atoms with Gasteiger partial charge < -0.3 is 13.9 Å². The van der Waals surface area contributed by atoms with Crippen molar-refractivity contribution in [1.29, 1.82) is 0 Å². The molecule has 1 aliphatic carbocycles. The second-order valence-electron chi connectivity index (χ2n) is 9.66. The highest BCUT2D eigenvalue weighted by Crippen LogP contribution is 2.39. The molecule has 38 heavy (non-hydrogen) atoms. The standard InChI is InChI=1S/C27H27FN8O2/c1-17(2)35-16-31-33-26(35)20-5-3-6-25(32-20)36-15-30-21-12-24(38-10-4-9-28)23(11-19(21)27(36)37)34-13-22(29-14-34)18-7-8-18/h3,5-6,11-18H,4,7-10H2,1-2H3. The fourth-order valence-corrected chi connectivity index (χ4v) is 4.40. The van der Waals surface area contributed by atoms with Gasteiger partial charge in [-0.15, -0.1) is 10.2 Å². The molecule has 1 saturated carbocycles. The van der Waals surface area contributed by atoms with Crippen molar-refractivity contribution < 1.29 is 9.13 Å². The summed E-state index contributed by atoms with van der Waals surface area (Å²) in [5, 5.41) is 8.65. The van der Waals surface area contributed by atoms with Crippen LogP contribution in [0.15, 0.2) is 60.3 Å². The summed E-state index contributed by atoms with van der Waals surface area (Å²) < 4.78 is 23.8. The largest absolute Gasteiger partial charge is 0.491 e. The van der Waals surface area contributed by atoms with E-state index in [-0.39, 0.29) is 24.6 Å². The summed E-state index contributed by atoms with van der Waals surface area (Å²) in [5.41, 5.74) is 2.47. The lowest BCUT2D eigenvalue weighted by Gasteiger charge is -2.14. The first kappa shape index (κ1) is 24.0. The Bertz CT molecular complexity index is 1670. The molecule has 11 heteroatoms. The van der Waals surface area contributed by atoms with E-state index in [4.69, 9.17) is 9.72 Å². The zero-order chi connectivity index (χ0) is 26.2. The number of benzene rings is 1. The van der Waals surface area contributed by atoms with Crippen molar-refractivity contribution in [2.75, 3.05) is 13.3 Å².